The topological polar surface area (TPSA) is 25.4 Å². The summed E-state index contributed by atoms with van der Waals surface area (Å²) in [6.45, 7) is 2.93. The van der Waals surface area contributed by atoms with Crippen LogP contribution in [0, 0.1) is 5.92 Å². The molecule has 0 aliphatic carbocycles. The second-order valence-corrected chi connectivity index (χ2v) is 4.33. The number of hydrogen-bond acceptors (Lipinski definition) is 3. The van der Waals surface area contributed by atoms with E-state index in [1.54, 1.807) is 13.3 Å². The molecule has 4 heteroatoms. The van der Waals surface area contributed by atoms with Crippen molar-refractivity contribution < 1.29 is 4.74 Å². The summed E-state index contributed by atoms with van der Waals surface area (Å²) in [6.07, 6.45) is 2.87. The molecule has 82 valence electrons. The zero-order chi connectivity index (χ0) is 10.7. The van der Waals surface area contributed by atoms with E-state index in [1.165, 1.54) is 6.42 Å². The van der Waals surface area contributed by atoms with Gasteiger partial charge in [-0.25, -0.2) is 4.98 Å². The van der Waals surface area contributed by atoms with Gasteiger partial charge in [0.2, 0.25) is 0 Å². The number of halogens is 1. The lowest BCUT2D eigenvalue weighted by molar-refractivity contribution is 0.161. The third-order valence-corrected chi connectivity index (χ3v) is 2.95. The molecule has 0 bridgehead atoms. The molecule has 0 amide bonds. The van der Waals surface area contributed by atoms with Gasteiger partial charge < -0.3 is 9.64 Å². The number of rotatable bonds is 3. The molecular weight excluding hydrogens is 212 g/mol. The first kappa shape index (κ1) is 10.7. The summed E-state index contributed by atoms with van der Waals surface area (Å²) in [4.78, 5) is 6.59. The van der Waals surface area contributed by atoms with Crippen LogP contribution in [0.25, 0.3) is 0 Å². The second-order valence-electron chi connectivity index (χ2n) is 3.89. The third kappa shape index (κ3) is 2.61. The smallest absolute Gasteiger partial charge is 0.128 e. The van der Waals surface area contributed by atoms with Crippen molar-refractivity contribution in [2.75, 3.05) is 31.7 Å². The van der Waals surface area contributed by atoms with E-state index in [4.69, 9.17) is 16.3 Å². The van der Waals surface area contributed by atoms with Gasteiger partial charge in [0.15, 0.2) is 0 Å². The van der Waals surface area contributed by atoms with Crippen molar-refractivity contribution in [3.05, 3.63) is 23.4 Å². The minimum atomic E-state index is 0.632. The van der Waals surface area contributed by atoms with Gasteiger partial charge in [0.25, 0.3) is 0 Å². The van der Waals surface area contributed by atoms with E-state index in [2.05, 4.69) is 9.88 Å². The Hall–Kier alpha value is -0.800. The van der Waals surface area contributed by atoms with Gasteiger partial charge in [-0.15, -0.1) is 0 Å². The highest BCUT2D eigenvalue weighted by Gasteiger charge is 2.22. The molecule has 0 radical (unpaired) electrons. The van der Waals surface area contributed by atoms with Gasteiger partial charge in [-0.2, -0.15) is 0 Å². The summed E-state index contributed by atoms with van der Waals surface area (Å²) in [6, 6.07) is 3.85. The van der Waals surface area contributed by atoms with Crippen LogP contribution in [-0.2, 0) is 4.74 Å². The molecular formula is C11H15ClN2O. The molecule has 1 saturated heterocycles. The lowest BCUT2D eigenvalue weighted by Gasteiger charge is -2.17. The number of nitrogens with zero attached hydrogens (tertiary/aromatic N) is 2. The highest BCUT2D eigenvalue weighted by Crippen LogP contribution is 2.22. The van der Waals surface area contributed by atoms with E-state index in [0.717, 1.165) is 25.5 Å². The van der Waals surface area contributed by atoms with Gasteiger partial charge in [-0.1, -0.05) is 11.6 Å². The molecule has 1 fully saturated rings. The Morgan fingerprint density at radius 3 is 3.13 bits per heavy atom. The lowest BCUT2D eigenvalue weighted by atomic mass is 10.1. The molecule has 1 atom stereocenters. The van der Waals surface area contributed by atoms with Crippen LogP contribution in [0.3, 0.4) is 0 Å². The Morgan fingerprint density at radius 1 is 1.60 bits per heavy atom. The lowest BCUT2D eigenvalue weighted by Crippen LogP contribution is -2.21. The predicted octanol–water partition coefficient (Wildman–Crippen LogP) is 2.21. The Bertz CT molecular complexity index is 315. The SMILES string of the molecule is COCC1CCN(c2ccc(Cl)cn2)C1. The first-order chi connectivity index (χ1) is 7.29. The second kappa shape index (κ2) is 4.81. The van der Waals surface area contributed by atoms with Crippen LogP contribution in [-0.4, -0.2) is 31.8 Å². The van der Waals surface area contributed by atoms with Crippen molar-refractivity contribution in [3.8, 4) is 0 Å². The van der Waals surface area contributed by atoms with E-state index >= 15 is 0 Å². The number of ether oxygens (including phenoxy) is 1. The molecule has 1 aromatic heterocycles. The Morgan fingerprint density at radius 2 is 2.47 bits per heavy atom. The average molecular weight is 227 g/mol. The monoisotopic (exact) mass is 226 g/mol. The maximum atomic E-state index is 5.80. The molecule has 2 rings (SSSR count). The van der Waals surface area contributed by atoms with Gasteiger partial charge in [0.05, 0.1) is 11.6 Å². The number of aromatic nitrogens is 1. The van der Waals surface area contributed by atoms with Crippen molar-refractivity contribution in [2.24, 2.45) is 5.92 Å². The van der Waals surface area contributed by atoms with Crippen LogP contribution in [0.5, 0.6) is 0 Å². The first-order valence-electron chi connectivity index (χ1n) is 5.15. The number of pyridine rings is 1. The fourth-order valence-electron chi connectivity index (χ4n) is 1.97. The molecule has 0 aromatic carbocycles. The van der Waals surface area contributed by atoms with Crippen LogP contribution in [0.15, 0.2) is 18.3 Å². The quantitative estimate of drug-likeness (QED) is 0.790. The zero-order valence-corrected chi connectivity index (χ0v) is 9.57. The number of hydrogen-bond donors (Lipinski definition) is 0. The Balaban J connectivity index is 1.98. The molecule has 0 saturated carbocycles. The predicted molar refractivity (Wildman–Crippen MR) is 61.4 cm³/mol. The van der Waals surface area contributed by atoms with Crippen LogP contribution < -0.4 is 4.90 Å². The summed E-state index contributed by atoms with van der Waals surface area (Å²) in [5.41, 5.74) is 0. The first-order valence-corrected chi connectivity index (χ1v) is 5.53. The average Bonchev–Trinajstić information content (AvgIpc) is 2.68. The van der Waals surface area contributed by atoms with Crippen LogP contribution >= 0.6 is 11.6 Å². The standard InChI is InChI=1S/C11H15ClN2O/c1-15-8-9-4-5-14(7-9)11-3-2-10(12)6-13-11/h2-3,6,9H,4-5,7-8H2,1H3. The fourth-order valence-corrected chi connectivity index (χ4v) is 2.08. The molecule has 1 aromatic rings. The number of anilines is 1. The van der Waals surface area contributed by atoms with Crippen molar-refractivity contribution in [1.29, 1.82) is 0 Å². The van der Waals surface area contributed by atoms with E-state index in [-0.39, 0.29) is 0 Å². The zero-order valence-electron chi connectivity index (χ0n) is 8.82. The maximum Gasteiger partial charge on any atom is 0.128 e. The normalized spacial score (nSPS) is 20.9. The molecule has 2 heterocycles. The molecule has 0 N–H and O–H groups in total. The van der Waals surface area contributed by atoms with Crippen molar-refractivity contribution in [1.82, 2.24) is 4.98 Å². The molecule has 0 spiro atoms. The minimum absolute atomic E-state index is 0.632. The third-order valence-electron chi connectivity index (χ3n) is 2.72. The van der Waals surface area contributed by atoms with Gasteiger partial charge >= 0.3 is 0 Å². The Labute approximate surface area is 95.0 Å². The van der Waals surface area contributed by atoms with Gasteiger partial charge in [-0.3, -0.25) is 0 Å². The van der Waals surface area contributed by atoms with Crippen molar-refractivity contribution >= 4 is 17.4 Å². The van der Waals surface area contributed by atoms with E-state index in [1.807, 2.05) is 12.1 Å². The molecule has 15 heavy (non-hydrogen) atoms. The van der Waals surface area contributed by atoms with E-state index < -0.39 is 0 Å². The van der Waals surface area contributed by atoms with Gasteiger partial charge in [-0.05, 0) is 18.6 Å². The molecule has 1 aliphatic rings. The highest BCUT2D eigenvalue weighted by atomic mass is 35.5. The summed E-state index contributed by atoms with van der Waals surface area (Å²) < 4.78 is 5.16. The van der Waals surface area contributed by atoms with Crippen LogP contribution in [0.2, 0.25) is 5.02 Å². The van der Waals surface area contributed by atoms with E-state index in [0.29, 0.717) is 10.9 Å². The maximum absolute atomic E-state index is 5.80. The number of methoxy groups -OCH3 is 1. The van der Waals surface area contributed by atoms with Gasteiger partial charge in [0, 0.05) is 32.3 Å². The minimum Gasteiger partial charge on any atom is -0.384 e. The fraction of sp³-hybridized carbons (Fsp3) is 0.545. The van der Waals surface area contributed by atoms with Crippen LogP contribution in [0.4, 0.5) is 5.82 Å². The summed E-state index contributed by atoms with van der Waals surface area (Å²) in [7, 11) is 1.75. The van der Waals surface area contributed by atoms with E-state index in [9.17, 15) is 0 Å². The summed E-state index contributed by atoms with van der Waals surface area (Å²) in [5, 5.41) is 0.686. The Kier molecular flexibility index (Phi) is 3.44. The highest BCUT2D eigenvalue weighted by molar-refractivity contribution is 6.30. The van der Waals surface area contributed by atoms with Crippen molar-refractivity contribution in [2.45, 2.75) is 6.42 Å². The molecule has 3 nitrogen and oxygen atoms in total. The molecule has 1 unspecified atom stereocenters. The largest absolute Gasteiger partial charge is 0.384 e. The summed E-state index contributed by atoms with van der Waals surface area (Å²) >= 11 is 5.80. The summed E-state index contributed by atoms with van der Waals surface area (Å²) in [5.74, 6) is 1.64. The molecule has 1 aliphatic heterocycles. The van der Waals surface area contributed by atoms with Crippen LogP contribution in [0.1, 0.15) is 6.42 Å². The van der Waals surface area contributed by atoms with Crippen molar-refractivity contribution in [3.63, 3.8) is 0 Å². The van der Waals surface area contributed by atoms with Gasteiger partial charge in [0.1, 0.15) is 5.82 Å².